The van der Waals surface area contributed by atoms with Crippen LogP contribution in [0.15, 0.2) is 36.4 Å². The molecule has 3 rings (SSSR count). The molecule has 0 aliphatic rings. The van der Waals surface area contributed by atoms with Crippen LogP contribution in [0.3, 0.4) is 0 Å². The van der Waals surface area contributed by atoms with Gasteiger partial charge < -0.3 is 61.9 Å². The fraction of sp³-hybridized carbons (Fsp3) is 0.724. The molecule has 0 radical (unpaired) electrons. The Bertz CT molecular complexity index is 2400. The number of aliphatic hydroxyl groups excluding tert-OH is 1. The molecule has 0 saturated carbocycles. The fourth-order valence-corrected chi connectivity index (χ4v) is 7.93. The molecule has 0 fully saturated rings. The Morgan fingerprint density at radius 2 is 0.882 bits per heavy atom. The van der Waals surface area contributed by atoms with Gasteiger partial charge in [-0.3, -0.25) is 9.59 Å². The number of benzene rings is 3. The average Bonchev–Trinajstić information content (AvgIpc) is 0.808. The molecule has 0 aliphatic carbocycles. The van der Waals surface area contributed by atoms with Crippen LogP contribution in [0, 0.1) is 18.3 Å². The molecule has 1 N–H and O–H groups in total. The van der Waals surface area contributed by atoms with Crippen molar-refractivity contribution < 1.29 is 80.7 Å². The number of rotatable bonds is 34. The number of carbonyl (C=O) groups excluding carboxylic acids is 3. The van der Waals surface area contributed by atoms with Crippen LogP contribution < -0.4 is 14.2 Å². The molecule has 0 aromatic heterocycles. The van der Waals surface area contributed by atoms with E-state index in [1.165, 1.54) is 18.1 Å². The van der Waals surface area contributed by atoms with Crippen LogP contribution in [-0.4, -0.2) is 114 Å². The second-order valence-corrected chi connectivity index (χ2v) is 25.7. The van der Waals surface area contributed by atoms with Crippen molar-refractivity contribution in [3.63, 3.8) is 0 Å². The standard InChI is InChI=1S/C24H39FO5.C23H38O6.C23H38O5.6CH4/c1-10-24(9,25)21(26)28-12-11-27-20-18(15-29-22(3,4)5)13-17(2)14-19(20)16-30-23(6,7)8;1-7-23(6,16-24)22(25)29-11-10-28-21-19(14-26-8-2)12-18(17(4)5)13-20(21)15-27-9-3;1-10-15(2)22(24)28-12-11-27-21-19(16(3)25-8)13-18(23(5,6)7)14-20(21)17(4)26-9;;;;;;/h13-14H,10-12,15-16H2,1-9H3;12-13,17,24H,7-11,14-16H2,1-6H3;13-17H,10-12H2,1-9H3;6*1H4. The van der Waals surface area contributed by atoms with Gasteiger partial charge in [-0.05, 0) is 156 Å². The van der Waals surface area contributed by atoms with E-state index in [0.29, 0.717) is 57.7 Å². The monoisotopic (exact) mass is 1330 g/mol. The lowest BCUT2D eigenvalue weighted by atomic mass is 9.83. The zero-order valence-electron chi connectivity index (χ0n) is 58.0. The summed E-state index contributed by atoms with van der Waals surface area (Å²) in [4.78, 5) is 35.9. The number of halogens is 1. The van der Waals surface area contributed by atoms with Crippen molar-refractivity contribution in [1.82, 2.24) is 0 Å². The Morgan fingerprint density at radius 3 is 1.20 bits per heavy atom. The summed E-state index contributed by atoms with van der Waals surface area (Å²) in [7, 11) is 3.37. The number of esters is 3. The first-order valence-electron chi connectivity index (χ1n) is 31.2. The van der Waals surface area contributed by atoms with Gasteiger partial charge in [0.1, 0.15) is 56.9 Å². The second kappa shape index (κ2) is 47.9. The van der Waals surface area contributed by atoms with Gasteiger partial charge in [0.15, 0.2) is 0 Å². The summed E-state index contributed by atoms with van der Waals surface area (Å²) in [6, 6.07) is 12.5. The quantitative estimate of drug-likeness (QED) is 0.0338. The summed E-state index contributed by atoms with van der Waals surface area (Å²) in [5.41, 5.74) is 5.66. The topological polar surface area (TPSA) is 182 Å². The first-order chi connectivity index (χ1) is 40.5. The number of carbonyl (C=O) groups is 3. The van der Waals surface area contributed by atoms with E-state index in [2.05, 4.69) is 58.9 Å². The van der Waals surface area contributed by atoms with Crippen LogP contribution >= 0.6 is 0 Å². The first kappa shape index (κ1) is 99.2. The zero-order valence-corrected chi connectivity index (χ0v) is 58.0. The van der Waals surface area contributed by atoms with Gasteiger partial charge in [0.05, 0.1) is 67.8 Å². The van der Waals surface area contributed by atoms with Crippen molar-refractivity contribution in [2.75, 3.05) is 73.7 Å². The van der Waals surface area contributed by atoms with Crippen LogP contribution in [0.2, 0.25) is 0 Å². The van der Waals surface area contributed by atoms with E-state index < -0.39 is 23.0 Å². The Balaban J connectivity index is -0.000000296. The Labute approximate surface area is 568 Å². The molecule has 0 amide bonds. The average molecular weight is 1330 g/mol. The molecule has 5 atom stereocenters. The fourth-order valence-electron chi connectivity index (χ4n) is 7.93. The third-order valence-corrected chi connectivity index (χ3v) is 14.6. The molecule has 3 aromatic rings. The number of methoxy groups -OCH3 is 2. The minimum atomic E-state index is -1.98. The van der Waals surface area contributed by atoms with Crippen molar-refractivity contribution in [2.24, 2.45) is 11.3 Å². The minimum Gasteiger partial charge on any atom is -0.489 e. The van der Waals surface area contributed by atoms with E-state index in [-0.39, 0.29) is 138 Å². The summed E-state index contributed by atoms with van der Waals surface area (Å²) < 4.78 is 82.2. The number of aliphatic hydroxyl groups is 1. The van der Waals surface area contributed by atoms with Gasteiger partial charge in [-0.15, -0.1) is 0 Å². The smallest absolute Gasteiger partial charge is 0.343 e. The van der Waals surface area contributed by atoms with Crippen molar-refractivity contribution in [1.29, 1.82) is 0 Å². The second-order valence-electron chi connectivity index (χ2n) is 25.7. The number of hydrogen-bond acceptors (Lipinski definition) is 16. The van der Waals surface area contributed by atoms with E-state index >= 15 is 0 Å². The Kier molecular flexibility index (Phi) is 51.1. The van der Waals surface area contributed by atoms with Crippen molar-refractivity contribution in [3.8, 4) is 17.2 Å². The first-order valence-corrected chi connectivity index (χ1v) is 31.2. The predicted molar refractivity (Wildman–Crippen MR) is 382 cm³/mol. The molecule has 0 aliphatic heterocycles. The van der Waals surface area contributed by atoms with Crippen LogP contribution in [0.4, 0.5) is 4.39 Å². The van der Waals surface area contributed by atoms with Gasteiger partial charge in [0.25, 0.3) is 0 Å². The number of hydrogen-bond donors (Lipinski definition) is 1. The van der Waals surface area contributed by atoms with E-state index in [1.807, 2.05) is 109 Å². The molecule has 16 nitrogen and oxygen atoms in total. The minimum absolute atomic E-state index is 0. The SMILES string of the molecule is C.C.C.C.C.C.CCC(C)(F)C(=O)OCCOc1c(COC(C)(C)C)cc(C)cc1COC(C)(C)C.CCC(C)C(=O)OCCOc1c(C(C)OC)cc(C(C)(C)C)cc1C(C)OC.CCOCc1cc(C(C)C)cc(COCC)c1OCCOC(=O)C(C)(CC)CO. The van der Waals surface area contributed by atoms with Gasteiger partial charge in [-0.25, -0.2) is 9.18 Å². The van der Waals surface area contributed by atoms with E-state index in [4.69, 9.17) is 56.8 Å². The molecule has 0 heterocycles. The maximum absolute atomic E-state index is 14.0. The van der Waals surface area contributed by atoms with Gasteiger partial charge in [-0.2, -0.15) is 0 Å². The molecule has 0 saturated heterocycles. The van der Waals surface area contributed by atoms with Crippen LogP contribution in [0.5, 0.6) is 17.2 Å². The van der Waals surface area contributed by atoms with Crippen LogP contribution in [-0.2, 0) is 88.9 Å². The number of alkyl halides is 1. The van der Waals surface area contributed by atoms with Crippen LogP contribution in [0.1, 0.15) is 277 Å². The molecule has 0 spiro atoms. The maximum atomic E-state index is 14.0. The normalized spacial score (nSPS) is 13.3. The highest BCUT2D eigenvalue weighted by Crippen LogP contribution is 2.40. The van der Waals surface area contributed by atoms with Crippen molar-refractivity contribution in [2.45, 2.75) is 283 Å². The summed E-state index contributed by atoms with van der Waals surface area (Å²) in [5, 5.41) is 9.44. The number of aryl methyl sites for hydroxylation is 1. The predicted octanol–water partition coefficient (Wildman–Crippen LogP) is 19.1. The summed E-state index contributed by atoms with van der Waals surface area (Å²) in [6.45, 7) is 46.5. The zero-order chi connectivity index (χ0) is 66.5. The highest BCUT2D eigenvalue weighted by molar-refractivity contribution is 5.78. The third-order valence-electron chi connectivity index (χ3n) is 14.6. The largest absolute Gasteiger partial charge is 0.489 e. The van der Waals surface area contributed by atoms with Gasteiger partial charge >= 0.3 is 17.9 Å². The van der Waals surface area contributed by atoms with Gasteiger partial charge in [-0.1, -0.05) is 125 Å². The molecule has 5 unspecified atom stereocenters. The summed E-state index contributed by atoms with van der Waals surface area (Å²) in [5.74, 6) is 0.934. The third kappa shape index (κ3) is 35.6. The van der Waals surface area contributed by atoms with Crippen LogP contribution in [0.25, 0.3) is 0 Å². The van der Waals surface area contributed by atoms with E-state index in [9.17, 15) is 23.9 Å². The highest BCUT2D eigenvalue weighted by atomic mass is 19.1. The molecule has 546 valence electrons. The van der Waals surface area contributed by atoms with Gasteiger partial charge in [0.2, 0.25) is 5.67 Å². The van der Waals surface area contributed by atoms with Crippen molar-refractivity contribution >= 4 is 17.9 Å². The maximum Gasteiger partial charge on any atom is 0.343 e. The lowest BCUT2D eigenvalue weighted by Crippen LogP contribution is -2.33. The van der Waals surface area contributed by atoms with Crippen molar-refractivity contribution in [3.05, 3.63) is 86.5 Å². The molecular formula is C76H139FO16. The number of ether oxygens (including phenoxy) is 12. The lowest BCUT2D eigenvalue weighted by molar-refractivity contribution is -0.158. The lowest BCUT2D eigenvalue weighted by Gasteiger charge is -2.27. The van der Waals surface area contributed by atoms with E-state index in [0.717, 1.165) is 56.9 Å². The summed E-state index contributed by atoms with van der Waals surface area (Å²) in [6.07, 6.45) is 1.06. The highest BCUT2D eigenvalue weighted by Gasteiger charge is 2.34. The Hall–Kier alpha value is -4.88. The molecule has 0 bridgehead atoms. The Morgan fingerprint density at radius 1 is 0.505 bits per heavy atom. The molecule has 3 aromatic carbocycles. The van der Waals surface area contributed by atoms with E-state index in [1.54, 1.807) is 28.1 Å². The molecular weight excluding hydrogens is 1190 g/mol. The molecule has 17 heteroatoms. The van der Waals surface area contributed by atoms with Gasteiger partial charge in [0, 0.05) is 60.8 Å². The summed E-state index contributed by atoms with van der Waals surface area (Å²) >= 11 is 0. The molecule has 93 heavy (non-hydrogen) atoms.